The highest BCUT2D eigenvalue weighted by Crippen LogP contribution is 2.34. The van der Waals surface area contributed by atoms with E-state index in [0.29, 0.717) is 30.6 Å². The molecule has 7 heteroatoms. The van der Waals surface area contributed by atoms with E-state index in [9.17, 15) is 8.78 Å². The van der Waals surface area contributed by atoms with E-state index in [1.807, 2.05) is 0 Å². The van der Waals surface area contributed by atoms with E-state index in [-0.39, 0.29) is 36.1 Å². The van der Waals surface area contributed by atoms with Gasteiger partial charge in [0, 0.05) is 13.6 Å². The lowest BCUT2D eigenvalue weighted by Crippen LogP contribution is -2.47. The van der Waals surface area contributed by atoms with Crippen LogP contribution in [0.4, 0.5) is 8.78 Å². The van der Waals surface area contributed by atoms with Gasteiger partial charge in [0.15, 0.2) is 17.6 Å². The molecule has 0 amide bonds. The summed E-state index contributed by atoms with van der Waals surface area (Å²) in [6.07, 6.45) is 4.29. The van der Waals surface area contributed by atoms with Crippen molar-refractivity contribution in [3.8, 4) is 0 Å². The van der Waals surface area contributed by atoms with Gasteiger partial charge in [-0.05, 0) is 37.3 Å². The van der Waals surface area contributed by atoms with Gasteiger partial charge in [-0.2, -0.15) is 0 Å². The Kier molecular flexibility index (Phi) is 6.58. The predicted octanol–water partition coefficient (Wildman–Crippen LogP) is 2.61. The molecule has 3 rings (SSSR count). The molecule has 1 aromatic carbocycles. The molecule has 0 radical (unpaired) electrons. The van der Waals surface area contributed by atoms with Gasteiger partial charge in [0.25, 0.3) is 0 Å². The maximum Gasteiger partial charge on any atom is 0.191 e. The second kappa shape index (κ2) is 8.23. The van der Waals surface area contributed by atoms with Crippen molar-refractivity contribution in [2.24, 2.45) is 4.99 Å². The van der Waals surface area contributed by atoms with Crippen molar-refractivity contribution in [1.82, 2.24) is 10.6 Å². The molecule has 2 N–H and O–H groups in total. The van der Waals surface area contributed by atoms with E-state index in [1.54, 1.807) is 13.1 Å². The number of nitrogens with zero attached hydrogens (tertiary/aromatic N) is 1. The molecular weight excluding hydrogens is 415 g/mol. The van der Waals surface area contributed by atoms with Gasteiger partial charge in [-0.3, -0.25) is 4.99 Å². The van der Waals surface area contributed by atoms with Crippen LogP contribution in [0.5, 0.6) is 0 Å². The average Bonchev–Trinajstić information content (AvgIpc) is 3.13. The largest absolute Gasteiger partial charge is 0.373 e. The van der Waals surface area contributed by atoms with Crippen LogP contribution in [-0.4, -0.2) is 37.8 Å². The van der Waals surface area contributed by atoms with Crippen LogP contribution >= 0.6 is 24.0 Å². The van der Waals surface area contributed by atoms with E-state index < -0.39 is 11.6 Å². The molecule has 0 spiro atoms. The number of hydrogen-bond donors (Lipinski definition) is 2. The topological polar surface area (TPSA) is 45.7 Å². The molecule has 1 aromatic rings. The minimum Gasteiger partial charge on any atom is -0.373 e. The number of aliphatic imine (C=N–C) groups is 1. The summed E-state index contributed by atoms with van der Waals surface area (Å²) < 4.78 is 32.5. The summed E-state index contributed by atoms with van der Waals surface area (Å²) in [5.74, 6) is -0.897. The molecule has 2 saturated heterocycles. The molecule has 23 heavy (non-hydrogen) atoms. The van der Waals surface area contributed by atoms with Crippen molar-refractivity contribution in [2.75, 3.05) is 13.6 Å². The SMILES string of the molecule is CN=C(NCCc1cccc(F)c1F)NC1CC2CCC1O2.I. The van der Waals surface area contributed by atoms with Crippen molar-refractivity contribution in [2.45, 2.75) is 43.9 Å². The van der Waals surface area contributed by atoms with Crippen LogP contribution in [0.15, 0.2) is 23.2 Å². The number of hydrogen-bond acceptors (Lipinski definition) is 2. The number of guanidine groups is 1. The van der Waals surface area contributed by atoms with Gasteiger partial charge >= 0.3 is 0 Å². The fraction of sp³-hybridized carbons (Fsp3) is 0.562. The number of benzene rings is 1. The minimum atomic E-state index is -0.806. The molecule has 3 unspecified atom stereocenters. The third kappa shape index (κ3) is 4.32. The second-order valence-corrected chi connectivity index (χ2v) is 5.82. The zero-order valence-electron chi connectivity index (χ0n) is 13.0. The first-order valence-corrected chi connectivity index (χ1v) is 7.73. The summed E-state index contributed by atoms with van der Waals surface area (Å²) >= 11 is 0. The number of fused-ring (bicyclic) bond motifs is 2. The number of rotatable bonds is 4. The summed E-state index contributed by atoms with van der Waals surface area (Å²) in [5, 5.41) is 6.50. The van der Waals surface area contributed by atoms with E-state index in [0.717, 1.165) is 25.3 Å². The molecule has 0 saturated carbocycles. The normalized spacial score (nSPS) is 26.0. The summed E-state index contributed by atoms with van der Waals surface area (Å²) in [6.45, 7) is 0.488. The lowest BCUT2D eigenvalue weighted by Gasteiger charge is -2.22. The molecule has 2 aliphatic heterocycles. The number of halogens is 3. The molecule has 0 aliphatic carbocycles. The highest BCUT2D eigenvalue weighted by Gasteiger charge is 2.41. The summed E-state index contributed by atoms with van der Waals surface area (Å²) in [5.41, 5.74) is 0.367. The third-order valence-electron chi connectivity index (χ3n) is 4.37. The Morgan fingerprint density at radius 1 is 1.35 bits per heavy atom. The highest BCUT2D eigenvalue weighted by atomic mass is 127. The predicted molar refractivity (Wildman–Crippen MR) is 96.3 cm³/mol. The van der Waals surface area contributed by atoms with Gasteiger partial charge in [0.05, 0.1) is 18.2 Å². The van der Waals surface area contributed by atoms with E-state index in [4.69, 9.17) is 4.74 Å². The van der Waals surface area contributed by atoms with Gasteiger partial charge in [0.2, 0.25) is 0 Å². The van der Waals surface area contributed by atoms with Crippen LogP contribution in [0.25, 0.3) is 0 Å². The molecule has 2 fully saturated rings. The lowest BCUT2D eigenvalue weighted by atomic mass is 9.96. The average molecular weight is 437 g/mol. The standard InChI is InChI=1S/C16H21F2N3O.HI/c1-19-16(21-13-9-11-5-6-14(13)22-11)20-8-7-10-3-2-4-12(17)15(10)18;/h2-4,11,13-14H,5-9H2,1H3,(H2,19,20,21);1H. The van der Waals surface area contributed by atoms with Crippen LogP contribution in [0.1, 0.15) is 24.8 Å². The van der Waals surface area contributed by atoms with Crippen LogP contribution in [-0.2, 0) is 11.2 Å². The molecule has 2 aliphatic rings. The monoisotopic (exact) mass is 437 g/mol. The van der Waals surface area contributed by atoms with Crippen molar-refractivity contribution < 1.29 is 13.5 Å². The van der Waals surface area contributed by atoms with Gasteiger partial charge in [0.1, 0.15) is 0 Å². The molecule has 2 bridgehead atoms. The van der Waals surface area contributed by atoms with Crippen LogP contribution < -0.4 is 10.6 Å². The maximum atomic E-state index is 13.6. The molecule has 4 nitrogen and oxygen atoms in total. The van der Waals surface area contributed by atoms with E-state index in [1.165, 1.54) is 6.07 Å². The van der Waals surface area contributed by atoms with E-state index >= 15 is 0 Å². The Balaban J connectivity index is 0.00000192. The summed E-state index contributed by atoms with van der Waals surface area (Å²) in [4.78, 5) is 4.18. The minimum absolute atomic E-state index is 0. The first-order chi connectivity index (χ1) is 10.7. The summed E-state index contributed by atoms with van der Waals surface area (Å²) in [6, 6.07) is 4.53. The highest BCUT2D eigenvalue weighted by molar-refractivity contribution is 14.0. The smallest absolute Gasteiger partial charge is 0.191 e. The second-order valence-electron chi connectivity index (χ2n) is 5.82. The first kappa shape index (κ1) is 18.4. The quantitative estimate of drug-likeness (QED) is 0.433. The van der Waals surface area contributed by atoms with Crippen molar-refractivity contribution in [3.63, 3.8) is 0 Å². The molecular formula is C16H22F2IN3O. The van der Waals surface area contributed by atoms with Crippen molar-refractivity contribution in [1.29, 1.82) is 0 Å². The third-order valence-corrected chi connectivity index (χ3v) is 4.37. The van der Waals surface area contributed by atoms with Crippen LogP contribution in [0.2, 0.25) is 0 Å². The number of ether oxygens (including phenoxy) is 1. The Morgan fingerprint density at radius 2 is 2.17 bits per heavy atom. The Hall–Kier alpha value is -0.960. The molecule has 0 aromatic heterocycles. The Morgan fingerprint density at radius 3 is 2.83 bits per heavy atom. The molecule has 3 atom stereocenters. The van der Waals surface area contributed by atoms with Gasteiger partial charge in [-0.25, -0.2) is 8.78 Å². The Bertz CT molecular complexity index is 570. The van der Waals surface area contributed by atoms with Crippen LogP contribution in [0, 0.1) is 11.6 Å². The maximum absolute atomic E-state index is 13.6. The Labute approximate surface area is 152 Å². The van der Waals surface area contributed by atoms with Gasteiger partial charge in [-0.15, -0.1) is 24.0 Å². The van der Waals surface area contributed by atoms with Crippen molar-refractivity contribution in [3.05, 3.63) is 35.4 Å². The zero-order valence-corrected chi connectivity index (χ0v) is 15.3. The van der Waals surface area contributed by atoms with Crippen LogP contribution in [0.3, 0.4) is 0 Å². The van der Waals surface area contributed by atoms with Crippen molar-refractivity contribution >= 4 is 29.9 Å². The summed E-state index contributed by atoms with van der Waals surface area (Å²) in [7, 11) is 1.70. The zero-order chi connectivity index (χ0) is 15.5. The molecule has 2 heterocycles. The fourth-order valence-electron chi connectivity index (χ4n) is 3.22. The lowest BCUT2D eigenvalue weighted by molar-refractivity contribution is 0.0992. The molecule has 128 valence electrons. The van der Waals surface area contributed by atoms with E-state index in [2.05, 4.69) is 15.6 Å². The van der Waals surface area contributed by atoms with Gasteiger partial charge < -0.3 is 15.4 Å². The fourth-order valence-corrected chi connectivity index (χ4v) is 3.22. The van der Waals surface area contributed by atoms with Gasteiger partial charge in [-0.1, -0.05) is 12.1 Å². The first-order valence-electron chi connectivity index (χ1n) is 7.73. The number of nitrogens with one attached hydrogen (secondary N) is 2.